The maximum Gasteiger partial charge on any atom is 0.253 e. The molecule has 2 aromatic heterocycles. The normalized spacial score (nSPS) is 12.0. The molecule has 1 N–H and O–H groups in total. The maximum absolute atomic E-state index is 12.8. The fraction of sp³-hybridized carbons (Fsp3) is 0.179. The molecule has 0 radical (unpaired) electrons. The average Bonchev–Trinajstić information content (AvgIpc) is 2.82. The highest BCUT2D eigenvalue weighted by molar-refractivity contribution is 6.83. The third-order valence-corrected chi connectivity index (χ3v) is 6.10. The van der Waals surface area contributed by atoms with Gasteiger partial charge < -0.3 is 5.32 Å². The molecule has 0 saturated heterocycles. The molecule has 0 aliphatic carbocycles. The Bertz CT molecular complexity index is 1350. The molecule has 1 amide bonds. The van der Waals surface area contributed by atoms with Gasteiger partial charge >= 0.3 is 0 Å². The van der Waals surface area contributed by atoms with Crippen molar-refractivity contribution >= 4 is 24.9 Å². The first-order chi connectivity index (χ1) is 15.8. The van der Waals surface area contributed by atoms with Crippen LogP contribution in [0.3, 0.4) is 0 Å². The van der Waals surface area contributed by atoms with Crippen LogP contribution in [0.15, 0.2) is 79.1 Å². The van der Waals surface area contributed by atoms with Gasteiger partial charge in [-0.2, -0.15) is 0 Å². The fourth-order valence-electron chi connectivity index (χ4n) is 3.50. The summed E-state index contributed by atoms with van der Waals surface area (Å²) in [7, 11) is -1.41. The number of amides is 1. The van der Waals surface area contributed by atoms with Crippen LogP contribution in [0.4, 0.5) is 0 Å². The Morgan fingerprint density at radius 3 is 2.45 bits per heavy atom. The van der Waals surface area contributed by atoms with E-state index in [1.165, 1.54) is 0 Å². The van der Waals surface area contributed by atoms with Crippen LogP contribution >= 0.6 is 0 Å². The van der Waals surface area contributed by atoms with Crippen LogP contribution in [0, 0.1) is 11.5 Å². The lowest BCUT2D eigenvalue weighted by molar-refractivity contribution is 0.0939. The number of fused-ring (bicyclic) bond motifs is 1. The Labute approximate surface area is 196 Å². The molecule has 33 heavy (non-hydrogen) atoms. The van der Waals surface area contributed by atoms with Crippen molar-refractivity contribution in [2.24, 2.45) is 0 Å². The van der Waals surface area contributed by atoms with Crippen molar-refractivity contribution in [2.75, 3.05) is 0 Å². The quantitative estimate of drug-likeness (QED) is 0.306. The summed E-state index contributed by atoms with van der Waals surface area (Å²) in [6, 6.07) is 21.7. The Morgan fingerprint density at radius 1 is 0.970 bits per heavy atom. The summed E-state index contributed by atoms with van der Waals surface area (Å²) < 4.78 is 0. The number of para-hydroxylation sites is 1. The number of carbonyl (C=O) groups excluding carboxylic acids is 1. The molecule has 4 aromatic rings. The first kappa shape index (κ1) is 22.4. The summed E-state index contributed by atoms with van der Waals surface area (Å²) >= 11 is 0. The van der Waals surface area contributed by atoms with Crippen molar-refractivity contribution in [1.82, 2.24) is 15.3 Å². The van der Waals surface area contributed by atoms with Crippen molar-refractivity contribution in [3.8, 4) is 22.6 Å². The van der Waals surface area contributed by atoms with Gasteiger partial charge in [0.25, 0.3) is 5.91 Å². The highest BCUT2D eigenvalue weighted by Gasteiger charge is 2.14. The predicted octanol–water partition coefficient (Wildman–Crippen LogP) is 6.02. The van der Waals surface area contributed by atoms with Crippen LogP contribution in [0.2, 0.25) is 19.6 Å². The third-order valence-electron chi connectivity index (χ3n) is 5.23. The SMILES string of the molecule is C[C@H](NC(=O)c1cnc2c(-c3ccc(C#C[Si](C)(C)C)cc3)cccc2c1)c1ccccn1. The molecule has 4 rings (SSSR count). The zero-order valence-corrected chi connectivity index (χ0v) is 20.4. The average molecular weight is 450 g/mol. The van der Waals surface area contributed by atoms with Gasteiger partial charge in [-0.05, 0) is 42.8 Å². The van der Waals surface area contributed by atoms with Crippen LogP contribution < -0.4 is 5.32 Å². The Balaban J connectivity index is 1.58. The smallest absolute Gasteiger partial charge is 0.253 e. The van der Waals surface area contributed by atoms with E-state index in [1.807, 2.05) is 43.3 Å². The maximum atomic E-state index is 12.8. The lowest BCUT2D eigenvalue weighted by Crippen LogP contribution is -2.27. The van der Waals surface area contributed by atoms with E-state index in [2.05, 4.69) is 76.7 Å². The van der Waals surface area contributed by atoms with E-state index in [1.54, 1.807) is 12.4 Å². The highest BCUT2D eigenvalue weighted by atomic mass is 28.3. The first-order valence-corrected chi connectivity index (χ1v) is 14.5. The second-order valence-corrected chi connectivity index (χ2v) is 13.9. The summed E-state index contributed by atoms with van der Waals surface area (Å²) in [5.74, 6) is 3.13. The van der Waals surface area contributed by atoms with Gasteiger partial charge in [0.15, 0.2) is 0 Å². The molecular weight excluding hydrogens is 422 g/mol. The van der Waals surface area contributed by atoms with Crippen molar-refractivity contribution in [2.45, 2.75) is 32.6 Å². The third kappa shape index (κ3) is 5.54. The number of nitrogens with zero attached hydrogens (tertiary/aromatic N) is 2. The molecule has 2 aromatic carbocycles. The minimum absolute atomic E-state index is 0.168. The van der Waals surface area contributed by atoms with Gasteiger partial charge in [0.2, 0.25) is 0 Å². The molecule has 1 atom stereocenters. The van der Waals surface area contributed by atoms with Gasteiger partial charge in [-0.25, -0.2) is 0 Å². The summed E-state index contributed by atoms with van der Waals surface area (Å²) in [5.41, 5.74) is 8.75. The zero-order chi connectivity index (χ0) is 23.4. The van der Waals surface area contributed by atoms with E-state index in [0.29, 0.717) is 5.56 Å². The highest BCUT2D eigenvalue weighted by Crippen LogP contribution is 2.28. The molecular formula is C28H27N3OSi. The number of carbonyl (C=O) groups is 1. The topological polar surface area (TPSA) is 54.9 Å². The minimum atomic E-state index is -1.41. The molecule has 4 nitrogen and oxygen atoms in total. The van der Waals surface area contributed by atoms with E-state index in [4.69, 9.17) is 0 Å². The second kappa shape index (κ2) is 9.39. The number of rotatable bonds is 4. The molecule has 5 heteroatoms. The van der Waals surface area contributed by atoms with Crippen LogP contribution in [-0.4, -0.2) is 23.9 Å². The standard InChI is InChI=1S/C28H27N3OSi/c1-20(26-10-5-6-16-29-26)31-28(32)24-18-23-8-7-9-25(27(23)30-19-24)22-13-11-21(12-14-22)15-17-33(2,3)4/h5-14,16,18-20H,1-4H3,(H,31,32)/t20-/m0/s1. The zero-order valence-electron chi connectivity index (χ0n) is 19.4. The lowest BCUT2D eigenvalue weighted by atomic mass is 10.00. The first-order valence-electron chi connectivity index (χ1n) is 11.0. The number of benzene rings is 2. The number of pyridine rings is 2. The molecule has 0 saturated carbocycles. The van der Waals surface area contributed by atoms with Crippen LogP contribution in [0.1, 0.15) is 34.6 Å². The summed E-state index contributed by atoms with van der Waals surface area (Å²) in [4.78, 5) is 21.8. The van der Waals surface area contributed by atoms with Crippen LogP contribution in [-0.2, 0) is 0 Å². The molecule has 0 aliphatic rings. The van der Waals surface area contributed by atoms with Crippen LogP contribution in [0.5, 0.6) is 0 Å². The van der Waals surface area contributed by atoms with Gasteiger partial charge in [0.05, 0.1) is 22.8 Å². The summed E-state index contributed by atoms with van der Waals surface area (Å²) in [6.45, 7) is 8.64. The summed E-state index contributed by atoms with van der Waals surface area (Å²) in [6.07, 6.45) is 3.36. The molecule has 0 spiro atoms. The molecule has 164 valence electrons. The number of hydrogen-bond acceptors (Lipinski definition) is 3. The van der Waals surface area contributed by atoms with Gasteiger partial charge in [-0.1, -0.05) is 62.0 Å². The summed E-state index contributed by atoms with van der Waals surface area (Å²) in [5, 5.41) is 3.92. The molecule has 0 fully saturated rings. The monoisotopic (exact) mass is 449 g/mol. The van der Waals surface area contributed by atoms with E-state index in [-0.39, 0.29) is 11.9 Å². The fourth-order valence-corrected chi connectivity index (χ4v) is 4.02. The van der Waals surface area contributed by atoms with E-state index < -0.39 is 8.07 Å². The van der Waals surface area contributed by atoms with Gasteiger partial charge in [0.1, 0.15) is 8.07 Å². The van der Waals surface area contributed by atoms with Crippen molar-refractivity contribution in [1.29, 1.82) is 0 Å². The molecule has 2 heterocycles. The second-order valence-electron chi connectivity index (χ2n) is 9.13. The van der Waals surface area contributed by atoms with E-state index in [0.717, 1.165) is 33.3 Å². The van der Waals surface area contributed by atoms with Crippen molar-refractivity contribution in [3.05, 3.63) is 95.9 Å². The number of aromatic nitrogens is 2. The Hall–Kier alpha value is -3.75. The van der Waals surface area contributed by atoms with Gasteiger partial charge in [-0.3, -0.25) is 14.8 Å². The Morgan fingerprint density at radius 2 is 1.76 bits per heavy atom. The minimum Gasteiger partial charge on any atom is -0.344 e. The Kier molecular flexibility index (Phi) is 6.39. The largest absolute Gasteiger partial charge is 0.344 e. The molecule has 0 aliphatic heterocycles. The number of nitrogens with one attached hydrogen (secondary N) is 1. The van der Waals surface area contributed by atoms with Crippen molar-refractivity contribution < 1.29 is 4.79 Å². The van der Waals surface area contributed by atoms with Gasteiger partial charge in [-0.15, -0.1) is 5.54 Å². The van der Waals surface area contributed by atoms with E-state index in [9.17, 15) is 4.79 Å². The van der Waals surface area contributed by atoms with E-state index >= 15 is 0 Å². The predicted molar refractivity (Wildman–Crippen MR) is 138 cm³/mol. The van der Waals surface area contributed by atoms with Crippen molar-refractivity contribution in [3.63, 3.8) is 0 Å². The lowest BCUT2D eigenvalue weighted by Gasteiger charge is -2.14. The molecule has 0 bridgehead atoms. The van der Waals surface area contributed by atoms with Crippen LogP contribution in [0.25, 0.3) is 22.0 Å². The number of hydrogen-bond donors (Lipinski definition) is 1. The van der Waals surface area contributed by atoms with Gasteiger partial charge in [0, 0.05) is 28.9 Å². The molecule has 0 unspecified atom stereocenters.